The van der Waals surface area contributed by atoms with Crippen molar-refractivity contribution in [3.05, 3.63) is 64.8 Å². The van der Waals surface area contributed by atoms with E-state index in [4.69, 9.17) is 0 Å². The van der Waals surface area contributed by atoms with Crippen molar-refractivity contribution in [2.75, 3.05) is 0 Å². The van der Waals surface area contributed by atoms with E-state index in [1.54, 1.807) is 65.7 Å². The fourth-order valence-electron chi connectivity index (χ4n) is 5.37. The average molecular weight is 516 g/mol. The van der Waals surface area contributed by atoms with Crippen LogP contribution in [0, 0.1) is 7.14 Å². The molecule has 2 heteroatoms. The van der Waals surface area contributed by atoms with Crippen molar-refractivity contribution >= 4 is 77.5 Å². The summed E-state index contributed by atoms with van der Waals surface area (Å²) in [6.45, 7) is 0. The number of halogens is 2. The molecule has 0 N–H and O–H groups in total. The zero-order valence-electron chi connectivity index (χ0n) is 12.2. The third kappa shape index (κ3) is 1.20. The van der Waals surface area contributed by atoms with Gasteiger partial charge in [0.25, 0.3) is 0 Å². The quantitative estimate of drug-likeness (QED) is 0.170. The van der Waals surface area contributed by atoms with Gasteiger partial charge in [-0.25, -0.2) is 0 Å². The first-order chi connectivity index (χ1) is 11.2. The molecule has 3 aliphatic carbocycles. The van der Waals surface area contributed by atoms with E-state index in [0.717, 1.165) is 19.3 Å². The zero-order chi connectivity index (χ0) is 15.0. The van der Waals surface area contributed by atoms with Gasteiger partial charge in [-0.15, -0.1) is 0 Å². The van der Waals surface area contributed by atoms with Crippen LogP contribution >= 0.6 is 45.2 Å². The highest BCUT2D eigenvalue weighted by molar-refractivity contribution is 14.1. The first kappa shape index (κ1) is 12.5. The maximum atomic E-state index is 2.56. The number of hydrogen-bond donors (Lipinski definition) is 0. The molecular weight excluding hydrogens is 506 g/mol. The molecule has 0 unspecified atom stereocenters. The smallest absolute Gasteiger partial charge is 0.0175 e. The van der Waals surface area contributed by atoms with E-state index < -0.39 is 0 Å². The molecule has 0 atom stereocenters. The number of hydrogen-bond acceptors (Lipinski definition) is 0. The molecule has 0 radical (unpaired) electrons. The molecule has 0 nitrogen and oxygen atoms in total. The monoisotopic (exact) mass is 516 g/mol. The third-order valence-electron chi connectivity index (χ3n) is 6.17. The van der Waals surface area contributed by atoms with Gasteiger partial charge < -0.3 is 0 Å². The molecule has 108 valence electrons. The molecule has 0 saturated carbocycles. The molecule has 3 aliphatic rings. The maximum Gasteiger partial charge on any atom is 0.0175 e. The van der Waals surface area contributed by atoms with E-state index in [0.29, 0.717) is 0 Å². The van der Waals surface area contributed by atoms with E-state index >= 15 is 0 Å². The topological polar surface area (TPSA) is 0 Å². The Balaban J connectivity index is 1.99. The number of rotatable bonds is 0. The van der Waals surface area contributed by atoms with Crippen LogP contribution in [0.5, 0.6) is 0 Å². The van der Waals surface area contributed by atoms with Gasteiger partial charge in [-0.1, -0.05) is 12.1 Å². The van der Waals surface area contributed by atoms with Crippen molar-refractivity contribution in [1.29, 1.82) is 0 Å². The van der Waals surface area contributed by atoms with E-state index in [2.05, 4.69) is 69.4 Å². The fraction of sp³-hybridized carbons (Fsp3) is 0.143. The van der Waals surface area contributed by atoms with Crippen molar-refractivity contribution in [2.24, 2.45) is 0 Å². The van der Waals surface area contributed by atoms with Crippen molar-refractivity contribution in [3.8, 4) is 0 Å². The highest BCUT2D eigenvalue weighted by Gasteiger charge is 2.33. The molecule has 0 heterocycles. The Morgan fingerprint density at radius 1 is 0.522 bits per heavy atom. The second kappa shape index (κ2) is 3.69. The first-order valence-electron chi connectivity index (χ1n) is 8.06. The minimum atomic E-state index is 1.12. The van der Waals surface area contributed by atoms with Gasteiger partial charge in [-0.3, -0.25) is 0 Å². The second-order valence-corrected chi connectivity index (χ2v) is 9.48. The van der Waals surface area contributed by atoms with Crippen LogP contribution in [0.2, 0.25) is 0 Å². The highest BCUT2D eigenvalue weighted by atomic mass is 127. The van der Waals surface area contributed by atoms with Gasteiger partial charge in [-0.2, -0.15) is 0 Å². The molecule has 0 bridgehead atoms. The number of benzene rings is 4. The Hall–Kier alpha value is -0.880. The van der Waals surface area contributed by atoms with Crippen LogP contribution in [-0.2, 0) is 19.3 Å². The molecule has 4 aromatic rings. The van der Waals surface area contributed by atoms with Gasteiger partial charge in [0.15, 0.2) is 0 Å². The van der Waals surface area contributed by atoms with Gasteiger partial charge >= 0.3 is 0 Å². The molecule has 0 saturated heterocycles. The van der Waals surface area contributed by atoms with Gasteiger partial charge in [0.05, 0.1) is 0 Å². The summed E-state index contributed by atoms with van der Waals surface area (Å²) in [6, 6.07) is 9.72. The average Bonchev–Trinajstić information content (AvgIpc) is 3.17. The van der Waals surface area contributed by atoms with E-state index in [9.17, 15) is 0 Å². The van der Waals surface area contributed by atoms with Crippen LogP contribution in [0.4, 0.5) is 0 Å². The van der Waals surface area contributed by atoms with E-state index in [-0.39, 0.29) is 0 Å². The fourth-order valence-corrected chi connectivity index (χ4v) is 7.05. The molecule has 0 amide bonds. The highest BCUT2D eigenvalue weighted by Crippen LogP contribution is 2.54. The first-order valence-corrected chi connectivity index (χ1v) is 10.2. The molecule has 0 aliphatic heterocycles. The lowest BCUT2D eigenvalue weighted by Crippen LogP contribution is -1.89. The zero-order valence-corrected chi connectivity index (χ0v) is 16.5. The summed E-state index contributed by atoms with van der Waals surface area (Å²) >= 11 is 5.12. The summed E-state index contributed by atoms with van der Waals surface area (Å²) < 4.78 is 2.93. The normalized spacial score (nSPS) is 15.7. The molecule has 0 spiro atoms. The Morgan fingerprint density at radius 3 is 1.43 bits per heavy atom. The Kier molecular flexibility index (Phi) is 2.00. The van der Waals surface area contributed by atoms with Crippen molar-refractivity contribution in [2.45, 2.75) is 19.3 Å². The van der Waals surface area contributed by atoms with Crippen LogP contribution in [-0.4, -0.2) is 0 Å². The molecule has 0 aromatic heterocycles. The summed E-state index contributed by atoms with van der Waals surface area (Å²) in [5, 5.41) is 9.56. The standard InChI is InChI=1S/C21H10I2/c22-14-6-10-3-11-7-15(23)13-5-9-2-1-8-4-12(14)20-16(8)17(9)21(13)19(11)18(10)20/h1-2,6-7H,3-5H2. The lowest BCUT2D eigenvalue weighted by Gasteiger charge is -2.10. The predicted molar refractivity (Wildman–Crippen MR) is 113 cm³/mol. The molecule has 4 aromatic carbocycles. The predicted octanol–water partition coefficient (Wildman–Crippen LogP) is 6.07. The second-order valence-electron chi connectivity index (χ2n) is 7.16. The largest absolute Gasteiger partial charge is 0.0578 e. The van der Waals surface area contributed by atoms with Crippen molar-refractivity contribution in [3.63, 3.8) is 0 Å². The maximum absolute atomic E-state index is 2.56. The van der Waals surface area contributed by atoms with Gasteiger partial charge in [-0.05, 0) is 142 Å². The molecular formula is C21H10I2. The van der Waals surface area contributed by atoms with E-state index in [1.807, 2.05) is 0 Å². The molecule has 23 heavy (non-hydrogen) atoms. The molecule has 0 fully saturated rings. The SMILES string of the molecule is Ic1cc2c3c4c(cc(I)c5c4c4c(ccc6c4c3c1C6)C5)C2. The summed E-state index contributed by atoms with van der Waals surface area (Å²) in [6.07, 6.45) is 3.37. The summed E-state index contributed by atoms with van der Waals surface area (Å²) in [4.78, 5) is 0. The van der Waals surface area contributed by atoms with Crippen LogP contribution in [0.25, 0.3) is 32.3 Å². The van der Waals surface area contributed by atoms with Crippen LogP contribution in [0.1, 0.15) is 33.4 Å². The van der Waals surface area contributed by atoms with E-state index in [1.165, 1.54) is 7.14 Å². The minimum Gasteiger partial charge on any atom is -0.0578 e. The summed E-state index contributed by atoms with van der Waals surface area (Å²) in [5.74, 6) is 0. The van der Waals surface area contributed by atoms with Gasteiger partial charge in [0, 0.05) is 7.14 Å². The van der Waals surface area contributed by atoms with Crippen LogP contribution < -0.4 is 0 Å². The third-order valence-corrected chi connectivity index (χ3v) is 8.09. The summed E-state index contributed by atoms with van der Waals surface area (Å²) in [7, 11) is 0. The lowest BCUT2D eigenvalue weighted by atomic mass is 9.94. The van der Waals surface area contributed by atoms with Crippen LogP contribution in [0.3, 0.4) is 0 Å². The minimum absolute atomic E-state index is 1.12. The molecule has 7 rings (SSSR count). The Bertz CT molecular complexity index is 1170. The van der Waals surface area contributed by atoms with Crippen molar-refractivity contribution in [1.82, 2.24) is 0 Å². The summed E-state index contributed by atoms with van der Waals surface area (Å²) in [5.41, 5.74) is 9.38. The van der Waals surface area contributed by atoms with Crippen LogP contribution in [0.15, 0.2) is 24.3 Å². The Morgan fingerprint density at radius 2 is 0.957 bits per heavy atom. The van der Waals surface area contributed by atoms with Crippen molar-refractivity contribution < 1.29 is 0 Å². The Labute approximate surface area is 160 Å². The van der Waals surface area contributed by atoms with Gasteiger partial charge in [0.2, 0.25) is 0 Å². The van der Waals surface area contributed by atoms with Gasteiger partial charge in [0.1, 0.15) is 0 Å². The lowest BCUT2D eigenvalue weighted by molar-refractivity contribution is 1.22.